The number of carbonyl (C=O) groups excluding carboxylic acids is 2. The third-order valence-electron chi connectivity index (χ3n) is 4.37. The van der Waals surface area contributed by atoms with Crippen LogP contribution in [0.15, 0.2) is 59.8 Å². The van der Waals surface area contributed by atoms with Gasteiger partial charge < -0.3 is 10.3 Å². The molecular formula is C22H23N3O2S. The quantitative estimate of drug-likeness (QED) is 0.453. The van der Waals surface area contributed by atoms with Crippen LogP contribution in [0.2, 0.25) is 0 Å². The Hall–Kier alpha value is -2.86. The summed E-state index contributed by atoms with van der Waals surface area (Å²) < 4.78 is 0. The Balaban J connectivity index is 1.63. The molecule has 0 saturated heterocycles. The maximum absolute atomic E-state index is 12.5. The number of H-pyrrole nitrogens is 1. The molecule has 0 spiro atoms. The van der Waals surface area contributed by atoms with Crippen molar-refractivity contribution in [3.05, 3.63) is 77.1 Å². The van der Waals surface area contributed by atoms with Crippen molar-refractivity contribution >= 4 is 29.1 Å². The highest BCUT2D eigenvalue weighted by Gasteiger charge is 2.18. The van der Waals surface area contributed by atoms with Gasteiger partial charge in [-0.3, -0.25) is 9.59 Å². The lowest BCUT2D eigenvalue weighted by Crippen LogP contribution is -2.22. The van der Waals surface area contributed by atoms with Crippen LogP contribution >= 0.6 is 11.8 Å². The van der Waals surface area contributed by atoms with Gasteiger partial charge in [0.1, 0.15) is 0 Å². The van der Waals surface area contributed by atoms with Crippen LogP contribution in [0.1, 0.15) is 41.2 Å². The van der Waals surface area contributed by atoms with Crippen LogP contribution in [0.4, 0.5) is 5.69 Å². The summed E-state index contributed by atoms with van der Waals surface area (Å²) in [6.45, 7) is 5.34. The molecule has 1 aromatic heterocycles. The van der Waals surface area contributed by atoms with Crippen molar-refractivity contribution in [3.63, 3.8) is 0 Å². The number of hydrogen-bond donors (Lipinski definition) is 2. The van der Waals surface area contributed by atoms with Gasteiger partial charge in [-0.15, -0.1) is 0 Å². The molecule has 2 aromatic carbocycles. The third-order valence-corrected chi connectivity index (χ3v) is 5.36. The van der Waals surface area contributed by atoms with E-state index in [9.17, 15) is 9.59 Å². The summed E-state index contributed by atoms with van der Waals surface area (Å²) in [6, 6.07) is 17.1. The highest BCUT2D eigenvalue weighted by Crippen LogP contribution is 2.24. The summed E-state index contributed by atoms with van der Waals surface area (Å²) in [5, 5.41) is 3.25. The van der Waals surface area contributed by atoms with E-state index >= 15 is 0 Å². The van der Waals surface area contributed by atoms with Gasteiger partial charge in [-0.2, -0.15) is 0 Å². The molecule has 0 aliphatic heterocycles. The zero-order chi connectivity index (χ0) is 20.1. The molecule has 28 heavy (non-hydrogen) atoms. The largest absolute Gasteiger partial charge is 0.337 e. The van der Waals surface area contributed by atoms with E-state index in [1.54, 1.807) is 24.3 Å². The number of aromatic nitrogens is 2. The molecule has 5 nitrogen and oxygen atoms in total. The Morgan fingerprint density at radius 1 is 1.14 bits per heavy atom. The summed E-state index contributed by atoms with van der Waals surface area (Å²) in [7, 11) is 0. The summed E-state index contributed by atoms with van der Waals surface area (Å²) in [6.07, 6.45) is 0.752. The van der Waals surface area contributed by atoms with Gasteiger partial charge in [0.25, 0.3) is 0 Å². The molecule has 0 fully saturated rings. The molecule has 1 atom stereocenters. The van der Waals surface area contributed by atoms with Crippen molar-refractivity contribution in [1.82, 2.24) is 9.97 Å². The van der Waals surface area contributed by atoms with Gasteiger partial charge in [0.15, 0.2) is 10.9 Å². The normalized spacial score (nSPS) is 11.8. The average Bonchev–Trinajstić information content (AvgIpc) is 3.01. The van der Waals surface area contributed by atoms with Crippen LogP contribution in [0.3, 0.4) is 0 Å². The van der Waals surface area contributed by atoms with Gasteiger partial charge >= 0.3 is 0 Å². The second-order valence-electron chi connectivity index (χ2n) is 6.66. The van der Waals surface area contributed by atoms with Gasteiger partial charge in [0, 0.05) is 23.4 Å². The number of ketones is 1. The smallest absolute Gasteiger partial charge is 0.237 e. The third kappa shape index (κ3) is 5.10. The maximum atomic E-state index is 12.5. The van der Waals surface area contributed by atoms with Gasteiger partial charge in [-0.05, 0) is 38.5 Å². The van der Waals surface area contributed by atoms with E-state index in [0.29, 0.717) is 11.3 Å². The highest BCUT2D eigenvalue weighted by molar-refractivity contribution is 8.00. The number of nitrogens with one attached hydrogen (secondary N) is 2. The second kappa shape index (κ2) is 8.89. The first-order valence-electron chi connectivity index (χ1n) is 9.10. The Labute approximate surface area is 169 Å². The van der Waals surface area contributed by atoms with E-state index in [1.807, 2.05) is 32.0 Å². The van der Waals surface area contributed by atoms with Gasteiger partial charge in [-0.25, -0.2) is 4.98 Å². The van der Waals surface area contributed by atoms with Crippen molar-refractivity contribution in [2.24, 2.45) is 0 Å². The minimum atomic E-state index is -0.337. The first-order valence-corrected chi connectivity index (χ1v) is 9.98. The zero-order valence-corrected chi connectivity index (χ0v) is 17.0. The van der Waals surface area contributed by atoms with Crippen molar-refractivity contribution < 1.29 is 9.59 Å². The molecule has 0 bridgehead atoms. The Bertz CT molecular complexity index is 982. The number of nitrogens with zero attached hydrogens (tertiary/aromatic N) is 1. The van der Waals surface area contributed by atoms with E-state index in [0.717, 1.165) is 23.0 Å². The van der Waals surface area contributed by atoms with Crippen LogP contribution in [0.25, 0.3) is 0 Å². The van der Waals surface area contributed by atoms with Crippen LogP contribution in [0, 0.1) is 6.92 Å². The van der Waals surface area contributed by atoms with Crippen LogP contribution in [-0.2, 0) is 11.2 Å². The molecule has 3 aromatic rings. The number of aryl methyl sites for hydroxylation is 1. The van der Waals surface area contributed by atoms with Crippen molar-refractivity contribution in [2.75, 3.05) is 5.32 Å². The number of aromatic amines is 1. The predicted molar refractivity (Wildman–Crippen MR) is 113 cm³/mol. The summed E-state index contributed by atoms with van der Waals surface area (Å²) >= 11 is 1.38. The first kappa shape index (κ1) is 19.9. The minimum Gasteiger partial charge on any atom is -0.337 e. The SMILES string of the molecule is CC(=O)c1cccc(NC(=O)C(C)Sc2nc(Cc3ccccc3)c(C)[nH]2)c1. The molecule has 1 heterocycles. The summed E-state index contributed by atoms with van der Waals surface area (Å²) in [5.41, 5.74) is 4.38. The number of benzene rings is 2. The Kier molecular flexibility index (Phi) is 6.31. The standard InChI is InChI=1S/C22H23N3O2S/c1-14-20(12-17-8-5-4-6-9-17)25-22(23-14)28-16(3)21(27)24-19-11-7-10-18(13-19)15(2)26/h4-11,13,16H,12H2,1-3H3,(H,23,25)(H,24,27). The van der Waals surface area contributed by atoms with E-state index in [-0.39, 0.29) is 16.9 Å². The fourth-order valence-corrected chi connectivity index (χ4v) is 3.64. The molecule has 0 radical (unpaired) electrons. The van der Waals surface area contributed by atoms with Crippen LogP contribution in [-0.4, -0.2) is 26.9 Å². The Morgan fingerprint density at radius 3 is 2.61 bits per heavy atom. The molecule has 2 N–H and O–H groups in total. The summed E-state index contributed by atoms with van der Waals surface area (Å²) in [4.78, 5) is 31.9. The lowest BCUT2D eigenvalue weighted by Gasteiger charge is -2.11. The van der Waals surface area contributed by atoms with E-state index in [4.69, 9.17) is 0 Å². The lowest BCUT2D eigenvalue weighted by atomic mass is 10.1. The van der Waals surface area contributed by atoms with Gasteiger partial charge in [-0.1, -0.05) is 54.2 Å². The average molecular weight is 394 g/mol. The monoisotopic (exact) mass is 393 g/mol. The predicted octanol–water partition coefficient (Wildman–Crippen LogP) is 4.63. The molecule has 0 aliphatic rings. The number of hydrogen-bond acceptors (Lipinski definition) is 4. The first-order chi connectivity index (χ1) is 13.4. The number of carbonyl (C=O) groups is 2. The van der Waals surface area contributed by atoms with Crippen LogP contribution in [0.5, 0.6) is 0 Å². The van der Waals surface area contributed by atoms with Crippen LogP contribution < -0.4 is 5.32 Å². The minimum absolute atomic E-state index is 0.0319. The maximum Gasteiger partial charge on any atom is 0.237 e. The molecule has 144 valence electrons. The number of anilines is 1. The molecular weight excluding hydrogens is 370 g/mol. The van der Waals surface area contributed by atoms with E-state index in [1.165, 1.54) is 24.2 Å². The zero-order valence-electron chi connectivity index (χ0n) is 16.2. The molecule has 0 aliphatic carbocycles. The van der Waals surface area contributed by atoms with Crippen molar-refractivity contribution in [1.29, 1.82) is 0 Å². The van der Waals surface area contributed by atoms with E-state index in [2.05, 4.69) is 27.4 Å². The van der Waals surface area contributed by atoms with Crippen molar-refractivity contribution in [2.45, 2.75) is 37.6 Å². The van der Waals surface area contributed by atoms with Crippen molar-refractivity contribution in [3.8, 4) is 0 Å². The second-order valence-corrected chi connectivity index (χ2v) is 7.99. The fraction of sp³-hybridized carbons (Fsp3) is 0.227. The molecule has 6 heteroatoms. The number of amides is 1. The molecule has 0 saturated carbocycles. The molecule has 3 rings (SSSR count). The van der Waals surface area contributed by atoms with E-state index < -0.39 is 0 Å². The Morgan fingerprint density at radius 2 is 1.89 bits per heavy atom. The van der Waals surface area contributed by atoms with Gasteiger partial charge in [0.05, 0.1) is 10.9 Å². The number of imidazole rings is 1. The summed E-state index contributed by atoms with van der Waals surface area (Å²) in [5.74, 6) is -0.167. The lowest BCUT2D eigenvalue weighted by molar-refractivity contribution is -0.115. The molecule has 1 amide bonds. The molecule has 1 unspecified atom stereocenters. The highest BCUT2D eigenvalue weighted by atomic mass is 32.2. The number of thioether (sulfide) groups is 1. The number of Topliss-reactive ketones (excluding diaryl/α,β-unsaturated/α-hetero) is 1. The topological polar surface area (TPSA) is 74.8 Å². The van der Waals surface area contributed by atoms with Gasteiger partial charge in [0.2, 0.25) is 5.91 Å². The number of rotatable bonds is 7. The fourth-order valence-electron chi connectivity index (χ4n) is 2.76.